The van der Waals surface area contributed by atoms with Gasteiger partial charge in [-0.2, -0.15) is 0 Å². The first kappa shape index (κ1) is 13.8. The third-order valence-electron chi connectivity index (χ3n) is 3.82. The molecule has 110 valence electrons. The van der Waals surface area contributed by atoms with Crippen LogP contribution in [0.4, 0.5) is 11.6 Å². The van der Waals surface area contributed by atoms with Crippen LogP contribution in [0.2, 0.25) is 0 Å². The quantitative estimate of drug-likeness (QED) is 0.900. The number of hydrogen-bond acceptors (Lipinski definition) is 5. The van der Waals surface area contributed by atoms with Crippen LogP contribution in [0.1, 0.15) is 18.4 Å². The first-order valence-electron chi connectivity index (χ1n) is 7.40. The summed E-state index contributed by atoms with van der Waals surface area (Å²) in [5.41, 5.74) is 7.20. The van der Waals surface area contributed by atoms with Crippen LogP contribution in [-0.2, 0) is 6.54 Å². The molecule has 0 saturated carbocycles. The predicted molar refractivity (Wildman–Crippen MR) is 84.8 cm³/mol. The molecule has 1 unspecified atom stereocenters. The summed E-state index contributed by atoms with van der Waals surface area (Å²) in [7, 11) is 0. The number of nitrogens with zero attached hydrogens (tertiary/aromatic N) is 3. The minimum absolute atomic E-state index is 0.376. The van der Waals surface area contributed by atoms with E-state index in [4.69, 9.17) is 5.73 Å². The molecule has 5 nitrogen and oxygen atoms in total. The molecule has 3 N–H and O–H groups in total. The van der Waals surface area contributed by atoms with Crippen LogP contribution in [-0.4, -0.2) is 34.0 Å². The van der Waals surface area contributed by atoms with E-state index in [2.05, 4.69) is 50.5 Å². The van der Waals surface area contributed by atoms with Gasteiger partial charge in [0.05, 0.1) is 0 Å². The zero-order valence-corrected chi connectivity index (χ0v) is 12.1. The lowest BCUT2D eigenvalue weighted by atomic mass is 10.0. The van der Waals surface area contributed by atoms with E-state index in [-0.39, 0.29) is 0 Å². The van der Waals surface area contributed by atoms with E-state index >= 15 is 0 Å². The van der Waals surface area contributed by atoms with Crippen LogP contribution in [0.15, 0.2) is 42.7 Å². The molecule has 1 fully saturated rings. The van der Waals surface area contributed by atoms with E-state index in [0.717, 1.165) is 26.1 Å². The number of nitrogen functional groups attached to an aromatic ring is 1. The minimum atomic E-state index is 0.376. The summed E-state index contributed by atoms with van der Waals surface area (Å²) in [6.45, 7) is 3.14. The SMILES string of the molecule is Nc1nccnc1NC1CCCN(Cc2ccccc2)C1. The molecule has 5 heteroatoms. The average molecular weight is 283 g/mol. The van der Waals surface area contributed by atoms with Gasteiger partial charge in [0, 0.05) is 31.5 Å². The molecular formula is C16H21N5. The van der Waals surface area contributed by atoms with Gasteiger partial charge in [-0.3, -0.25) is 4.90 Å². The van der Waals surface area contributed by atoms with Crippen molar-refractivity contribution in [1.82, 2.24) is 14.9 Å². The highest BCUT2D eigenvalue weighted by Crippen LogP contribution is 2.18. The number of benzene rings is 1. The molecule has 0 amide bonds. The van der Waals surface area contributed by atoms with Crippen LogP contribution in [0.25, 0.3) is 0 Å². The molecule has 2 aromatic rings. The maximum atomic E-state index is 5.85. The minimum Gasteiger partial charge on any atom is -0.381 e. The van der Waals surface area contributed by atoms with E-state index in [9.17, 15) is 0 Å². The van der Waals surface area contributed by atoms with Crippen molar-refractivity contribution >= 4 is 11.6 Å². The highest BCUT2D eigenvalue weighted by atomic mass is 15.2. The van der Waals surface area contributed by atoms with Gasteiger partial charge in [-0.1, -0.05) is 30.3 Å². The Morgan fingerprint density at radius 3 is 2.81 bits per heavy atom. The molecule has 0 aliphatic carbocycles. The number of piperidine rings is 1. The van der Waals surface area contributed by atoms with Crippen LogP contribution in [0.3, 0.4) is 0 Å². The maximum Gasteiger partial charge on any atom is 0.169 e. The van der Waals surface area contributed by atoms with Crippen LogP contribution < -0.4 is 11.1 Å². The first-order valence-corrected chi connectivity index (χ1v) is 7.40. The summed E-state index contributed by atoms with van der Waals surface area (Å²) in [6, 6.07) is 11.0. The van der Waals surface area contributed by atoms with Gasteiger partial charge in [0.1, 0.15) is 0 Å². The van der Waals surface area contributed by atoms with Crippen molar-refractivity contribution in [2.75, 3.05) is 24.1 Å². The van der Waals surface area contributed by atoms with Gasteiger partial charge in [-0.25, -0.2) is 9.97 Å². The highest BCUT2D eigenvalue weighted by Gasteiger charge is 2.20. The van der Waals surface area contributed by atoms with Crippen molar-refractivity contribution in [2.45, 2.75) is 25.4 Å². The molecule has 1 atom stereocenters. The van der Waals surface area contributed by atoms with E-state index < -0.39 is 0 Å². The summed E-state index contributed by atoms with van der Waals surface area (Å²) in [4.78, 5) is 10.8. The van der Waals surface area contributed by atoms with Crippen molar-refractivity contribution < 1.29 is 0 Å². The Labute approximate surface area is 125 Å². The molecule has 1 aromatic heterocycles. The van der Waals surface area contributed by atoms with Gasteiger partial charge < -0.3 is 11.1 Å². The molecule has 0 bridgehead atoms. The fraction of sp³-hybridized carbons (Fsp3) is 0.375. The molecule has 0 spiro atoms. The number of aromatic nitrogens is 2. The highest BCUT2D eigenvalue weighted by molar-refractivity contribution is 5.55. The topological polar surface area (TPSA) is 67.1 Å². The third kappa shape index (κ3) is 3.70. The zero-order chi connectivity index (χ0) is 14.5. The summed E-state index contributed by atoms with van der Waals surface area (Å²) in [6.07, 6.45) is 5.61. The van der Waals surface area contributed by atoms with Crippen molar-refractivity contribution in [1.29, 1.82) is 0 Å². The van der Waals surface area contributed by atoms with E-state index in [1.54, 1.807) is 12.4 Å². The Hall–Kier alpha value is -2.14. The zero-order valence-electron chi connectivity index (χ0n) is 12.1. The Balaban J connectivity index is 1.60. The molecule has 0 radical (unpaired) electrons. The van der Waals surface area contributed by atoms with Gasteiger partial charge in [0.15, 0.2) is 11.6 Å². The number of likely N-dealkylation sites (tertiary alicyclic amines) is 1. The van der Waals surface area contributed by atoms with Gasteiger partial charge in [-0.05, 0) is 24.9 Å². The molecule has 1 saturated heterocycles. The fourth-order valence-electron chi connectivity index (χ4n) is 2.81. The van der Waals surface area contributed by atoms with Gasteiger partial charge in [0.25, 0.3) is 0 Å². The molecule has 3 rings (SSSR count). The average Bonchev–Trinajstić information content (AvgIpc) is 2.51. The number of rotatable bonds is 4. The summed E-state index contributed by atoms with van der Waals surface area (Å²) in [5.74, 6) is 1.17. The number of nitrogens with two attached hydrogens (primary N) is 1. The lowest BCUT2D eigenvalue weighted by Crippen LogP contribution is -2.41. The van der Waals surface area contributed by atoms with Crippen LogP contribution in [0.5, 0.6) is 0 Å². The lowest BCUT2D eigenvalue weighted by Gasteiger charge is -2.33. The van der Waals surface area contributed by atoms with Crippen molar-refractivity contribution in [3.8, 4) is 0 Å². The number of anilines is 2. The molecule has 1 aromatic carbocycles. The summed E-state index contributed by atoms with van der Waals surface area (Å²) in [5, 5.41) is 3.42. The standard InChI is InChI=1S/C16H21N5/c17-15-16(19-9-8-18-15)20-14-7-4-10-21(12-14)11-13-5-2-1-3-6-13/h1-3,5-6,8-9,14H,4,7,10-12H2,(H2,17,18)(H,19,20). The van der Waals surface area contributed by atoms with E-state index in [1.807, 2.05) is 0 Å². The van der Waals surface area contributed by atoms with Crippen LogP contribution >= 0.6 is 0 Å². The first-order chi connectivity index (χ1) is 10.3. The summed E-state index contributed by atoms with van der Waals surface area (Å²) >= 11 is 0. The second kappa shape index (κ2) is 6.54. The Morgan fingerprint density at radius 2 is 2.00 bits per heavy atom. The lowest BCUT2D eigenvalue weighted by molar-refractivity contribution is 0.208. The van der Waals surface area contributed by atoms with Crippen molar-refractivity contribution in [2.24, 2.45) is 0 Å². The van der Waals surface area contributed by atoms with Crippen LogP contribution in [0, 0.1) is 0 Å². The maximum absolute atomic E-state index is 5.85. The van der Waals surface area contributed by atoms with Crippen molar-refractivity contribution in [3.05, 3.63) is 48.3 Å². The monoisotopic (exact) mass is 283 g/mol. The van der Waals surface area contributed by atoms with Gasteiger partial charge in [0.2, 0.25) is 0 Å². The van der Waals surface area contributed by atoms with Crippen molar-refractivity contribution in [3.63, 3.8) is 0 Å². The molecule has 2 heterocycles. The molecule has 1 aliphatic heterocycles. The number of nitrogens with one attached hydrogen (secondary N) is 1. The molecule has 21 heavy (non-hydrogen) atoms. The largest absolute Gasteiger partial charge is 0.381 e. The normalized spacial score (nSPS) is 19.3. The van der Waals surface area contributed by atoms with Gasteiger partial charge >= 0.3 is 0 Å². The smallest absolute Gasteiger partial charge is 0.169 e. The van der Waals surface area contributed by atoms with E-state index in [0.29, 0.717) is 17.7 Å². The fourth-order valence-corrected chi connectivity index (χ4v) is 2.81. The van der Waals surface area contributed by atoms with Gasteiger partial charge in [-0.15, -0.1) is 0 Å². The van der Waals surface area contributed by atoms with E-state index in [1.165, 1.54) is 12.0 Å². The molecule has 1 aliphatic rings. The Morgan fingerprint density at radius 1 is 1.19 bits per heavy atom. The Kier molecular flexibility index (Phi) is 4.31. The summed E-state index contributed by atoms with van der Waals surface area (Å²) < 4.78 is 0. The second-order valence-electron chi connectivity index (χ2n) is 5.49. The predicted octanol–water partition coefficient (Wildman–Crippen LogP) is 2.14. The second-order valence-corrected chi connectivity index (χ2v) is 5.49. The molecular weight excluding hydrogens is 262 g/mol. The Bertz CT molecular complexity index is 572. The number of hydrogen-bond donors (Lipinski definition) is 2. The third-order valence-corrected chi connectivity index (χ3v) is 3.82.